The first-order valence-electron chi connectivity index (χ1n) is 8.28. The second kappa shape index (κ2) is 6.47. The average molecular weight is 334 g/mol. The van der Waals surface area contributed by atoms with E-state index >= 15 is 0 Å². The highest BCUT2D eigenvalue weighted by Gasteiger charge is 2.30. The molecule has 126 valence electrons. The number of amides is 1. The Morgan fingerprint density at radius 3 is 2.88 bits per heavy atom. The Balaban J connectivity index is 1.47. The number of carbonyl (C=O) groups is 1. The number of hydrogen-bond acceptors (Lipinski definition) is 5. The molecular formula is C19H18N4O2. The number of carbonyl (C=O) groups excluding carboxylic acids is 1. The summed E-state index contributed by atoms with van der Waals surface area (Å²) < 4.78 is 5.30. The third-order valence-electron chi connectivity index (χ3n) is 4.59. The lowest BCUT2D eigenvalue weighted by atomic mass is 10.00. The fourth-order valence-corrected chi connectivity index (χ4v) is 3.30. The van der Waals surface area contributed by atoms with Crippen LogP contribution >= 0.6 is 0 Å². The van der Waals surface area contributed by atoms with Gasteiger partial charge in [-0.15, -0.1) is 0 Å². The van der Waals surface area contributed by atoms with Gasteiger partial charge in [0, 0.05) is 25.0 Å². The van der Waals surface area contributed by atoms with Gasteiger partial charge >= 0.3 is 0 Å². The third kappa shape index (κ3) is 3.03. The summed E-state index contributed by atoms with van der Waals surface area (Å²) in [7, 11) is 1.78. The van der Waals surface area contributed by atoms with Gasteiger partial charge in [-0.1, -0.05) is 29.4 Å². The van der Waals surface area contributed by atoms with E-state index in [0.29, 0.717) is 18.3 Å². The third-order valence-corrected chi connectivity index (χ3v) is 4.59. The minimum atomic E-state index is -0.0798. The summed E-state index contributed by atoms with van der Waals surface area (Å²) in [5, 5.41) is 3.98. The van der Waals surface area contributed by atoms with Gasteiger partial charge in [0.25, 0.3) is 0 Å². The molecule has 3 aromatic rings. The van der Waals surface area contributed by atoms with Crippen molar-refractivity contribution in [3.05, 3.63) is 65.8 Å². The number of fused-ring (bicyclic) bond motifs is 1. The summed E-state index contributed by atoms with van der Waals surface area (Å²) in [5.74, 6) is 0.941. The summed E-state index contributed by atoms with van der Waals surface area (Å²) >= 11 is 0. The fraction of sp³-hybridized carbons (Fsp3) is 0.263. The van der Waals surface area contributed by atoms with Crippen LogP contribution in [0.2, 0.25) is 0 Å². The zero-order chi connectivity index (χ0) is 17.2. The first-order chi connectivity index (χ1) is 12.2. The van der Waals surface area contributed by atoms with Crippen LogP contribution in [0.25, 0.3) is 11.4 Å². The van der Waals surface area contributed by atoms with Gasteiger partial charge in [-0.05, 0) is 36.1 Å². The van der Waals surface area contributed by atoms with E-state index in [1.807, 2.05) is 30.3 Å². The van der Waals surface area contributed by atoms with Crippen molar-refractivity contribution in [1.29, 1.82) is 0 Å². The molecule has 0 radical (unpaired) electrons. The van der Waals surface area contributed by atoms with Gasteiger partial charge in [0.05, 0.1) is 12.5 Å². The van der Waals surface area contributed by atoms with Gasteiger partial charge in [-0.25, -0.2) is 0 Å². The zero-order valence-electron chi connectivity index (χ0n) is 13.9. The minimum absolute atomic E-state index is 0.0798. The molecule has 0 aliphatic heterocycles. The van der Waals surface area contributed by atoms with E-state index in [1.165, 1.54) is 5.56 Å². The Morgan fingerprint density at radius 1 is 1.24 bits per heavy atom. The molecule has 2 heterocycles. The lowest BCUT2D eigenvalue weighted by molar-refractivity contribution is -0.132. The van der Waals surface area contributed by atoms with Crippen LogP contribution in [0.5, 0.6) is 0 Å². The normalized spacial score (nSPS) is 15.8. The van der Waals surface area contributed by atoms with Crippen molar-refractivity contribution in [2.45, 2.75) is 25.3 Å². The van der Waals surface area contributed by atoms with Crippen molar-refractivity contribution < 1.29 is 9.32 Å². The average Bonchev–Trinajstić information content (AvgIpc) is 3.29. The highest BCUT2D eigenvalue weighted by atomic mass is 16.5. The molecule has 0 spiro atoms. The topological polar surface area (TPSA) is 72.1 Å². The molecule has 0 bridgehead atoms. The predicted molar refractivity (Wildman–Crippen MR) is 91.5 cm³/mol. The maximum atomic E-state index is 12.8. The van der Waals surface area contributed by atoms with E-state index in [0.717, 1.165) is 24.0 Å². The molecule has 25 heavy (non-hydrogen) atoms. The standard InChI is InChI=1S/C19H18N4O2/c1-23(19(24)16-7-6-13-4-2-3-5-15(13)16)12-17-21-18(22-25-17)14-8-10-20-11-9-14/h2-5,8-11,16H,6-7,12H2,1H3. The second-order valence-corrected chi connectivity index (χ2v) is 6.23. The lowest BCUT2D eigenvalue weighted by Gasteiger charge is -2.20. The van der Waals surface area contributed by atoms with E-state index < -0.39 is 0 Å². The van der Waals surface area contributed by atoms with Crippen LogP contribution in [0.1, 0.15) is 29.4 Å². The van der Waals surface area contributed by atoms with Crippen molar-refractivity contribution >= 4 is 5.91 Å². The number of rotatable bonds is 4. The maximum Gasteiger partial charge on any atom is 0.246 e. The molecule has 1 atom stereocenters. The molecule has 1 aliphatic carbocycles. The molecule has 0 saturated carbocycles. The lowest BCUT2D eigenvalue weighted by Crippen LogP contribution is -2.30. The van der Waals surface area contributed by atoms with E-state index in [-0.39, 0.29) is 11.8 Å². The molecule has 0 fully saturated rings. The summed E-state index contributed by atoms with van der Waals surface area (Å²) in [5.41, 5.74) is 3.25. The SMILES string of the molecule is CN(Cc1nc(-c2ccncc2)no1)C(=O)C1CCc2ccccc21. The summed E-state index contributed by atoms with van der Waals surface area (Å²) in [6.07, 6.45) is 5.17. The maximum absolute atomic E-state index is 12.8. The molecule has 1 unspecified atom stereocenters. The van der Waals surface area contributed by atoms with Crippen LogP contribution < -0.4 is 0 Å². The molecule has 1 aromatic carbocycles. The van der Waals surface area contributed by atoms with E-state index in [9.17, 15) is 4.79 Å². The molecule has 4 rings (SSSR count). The van der Waals surface area contributed by atoms with Crippen molar-refractivity contribution in [2.75, 3.05) is 7.05 Å². The Kier molecular flexibility index (Phi) is 4.01. The number of pyridine rings is 1. The van der Waals surface area contributed by atoms with Gasteiger partial charge in [-0.2, -0.15) is 4.98 Å². The Bertz CT molecular complexity index is 891. The zero-order valence-corrected chi connectivity index (χ0v) is 13.9. The Morgan fingerprint density at radius 2 is 2.04 bits per heavy atom. The van der Waals surface area contributed by atoms with Crippen LogP contribution in [0, 0.1) is 0 Å². The largest absolute Gasteiger partial charge is 0.337 e. The quantitative estimate of drug-likeness (QED) is 0.733. The highest BCUT2D eigenvalue weighted by molar-refractivity contribution is 5.84. The molecule has 6 heteroatoms. The monoisotopic (exact) mass is 334 g/mol. The molecule has 0 saturated heterocycles. The van der Waals surface area contributed by atoms with Crippen LogP contribution in [-0.4, -0.2) is 33.0 Å². The second-order valence-electron chi connectivity index (χ2n) is 6.23. The Hall–Kier alpha value is -3.02. The van der Waals surface area contributed by atoms with Crippen molar-refractivity contribution in [1.82, 2.24) is 20.0 Å². The molecule has 1 aliphatic rings. The number of hydrogen-bond donors (Lipinski definition) is 0. The van der Waals surface area contributed by atoms with Gasteiger partial charge in [0.15, 0.2) is 0 Å². The summed E-state index contributed by atoms with van der Waals surface area (Å²) in [4.78, 5) is 22.8. The molecular weight excluding hydrogens is 316 g/mol. The smallest absolute Gasteiger partial charge is 0.246 e. The fourth-order valence-electron chi connectivity index (χ4n) is 3.30. The molecule has 6 nitrogen and oxygen atoms in total. The van der Waals surface area contributed by atoms with E-state index in [1.54, 1.807) is 24.3 Å². The minimum Gasteiger partial charge on any atom is -0.337 e. The number of nitrogens with zero attached hydrogens (tertiary/aromatic N) is 4. The van der Waals surface area contributed by atoms with Crippen molar-refractivity contribution in [3.63, 3.8) is 0 Å². The van der Waals surface area contributed by atoms with Crippen molar-refractivity contribution in [2.24, 2.45) is 0 Å². The Labute approximate surface area is 145 Å². The van der Waals surface area contributed by atoms with E-state index in [2.05, 4.69) is 21.2 Å². The molecule has 2 aromatic heterocycles. The summed E-state index contributed by atoms with van der Waals surface area (Å²) in [6, 6.07) is 11.8. The number of aryl methyl sites for hydroxylation is 1. The first kappa shape index (κ1) is 15.5. The number of benzene rings is 1. The van der Waals surface area contributed by atoms with Crippen molar-refractivity contribution in [3.8, 4) is 11.4 Å². The van der Waals surface area contributed by atoms with Gasteiger partial charge in [-0.3, -0.25) is 9.78 Å². The molecule has 0 N–H and O–H groups in total. The first-order valence-corrected chi connectivity index (χ1v) is 8.28. The van der Waals surface area contributed by atoms with Gasteiger partial charge < -0.3 is 9.42 Å². The highest BCUT2D eigenvalue weighted by Crippen LogP contribution is 2.34. The van der Waals surface area contributed by atoms with Gasteiger partial charge in [0.2, 0.25) is 17.6 Å². The summed E-state index contributed by atoms with van der Waals surface area (Å²) in [6.45, 7) is 0.301. The van der Waals surface area contributed by atoms with Crippen LogP contribution in [0.3, 0.4) is 0 Å². The van der Waals surface area contributed by atoms with Gasteiger partial charge in [0.1, 0.15) is 0 Å². The van der Waals surface area contributed by atoms with Crippen LogP contribution in [0.4, 0.5) is 0 Å². The van der Waals surface area contributed by atoms with E-state index in [4.69, 9.17) is 4.52 Å². The molecule has 1 amide bonds. The predicted octanol–water partition coefficient (Wildman–Crippen LogP) is 2.82. The number of aromatic nitrogens is 3. The number of likely N-dealkylation sites (N-methyl/N-ethyl adjacent to an activating group) is 1. The van der Waals surface area contributed by atoms with Crippen LogP contribution in [0.15, 0.2) is 53.3 Å². The van der Waals surface area contributed by atoms with Crippen LogP contribution in [-0.2, 0) is 17.8 Å².